The van der Waals surface area contributed by atoms with Gasteiger partial charge in [-0.1, -0.05) is 48.5 Å². The smallest absolute Gasteiger partial charge is 0.252 e. The summed E-state index contributed by atoms with van der Waals surface area (Å²) in [5, 5.41) is 0.582. The molecule has 0 N–H and O–H groups in total. The molecule has 3 nitrogen and oxygen atoms in total. The maximum absolute atomic E-state index is 12.3. The van der Waals surface area contributed by atoms with Crippen molar-refractivity contribution in [2.45, 2.75) is 13.5 Å². The first-order valence-electron chi connectivity index (χ1n) is 6.88. The van der Waals surface area contributed by atoms with Crippen molar-refractivity contribution >= 4 is 28.9 Å². The zero-order valence-corrected chi connectivity index (χ0v) is 12.6. The second kappa shape index (κ2) is 5.66. The Morgan fingerprint density at radius 3 is 2.43 bits per heavy atom. The van der Waals surface area contributed by atoms with E-state index in [1.165, 1.54) is 0 Å². The number of hydrogen-bond acceptors (Lipinski definition) is 2. The first-order chi connectivity index (χ1) is 10.2. The molecule has 1 saturated heterocycles. The lowest BCUT2D eigenvalue weighted by Gasteiger charge is -2.21. The summed E-state index contributed by atoms with van der Waals surface area (Å²) in [5.41, 5.74) is 3.08. The van der Waals surface area contributed by atoms with Gasteiger partial charge in [-0.2, -0.15) is 0 Å². The van der Waals surface area contributed by atoms with Crippen LogP contribution in [0.5, 0.6) is 0 Å². The van der Waals surface area contributed by atoms with Crippen molar-refractivity contribution in [1.82, 2.24) is 4.90 Å². The molecule has 0 spiro atoms. The van der Waals surface area contributed by atoms with E-state index in [1.54, 1.807) is 4.90 Å². The van der Waals surface area contributed by atoms with Gasteiger partial charge < -0.3 is 4.90 Å². The molecule has 2 aromatic carbocycles. The van der Waals surface area contributed by atoms with Crippen LogP contribution in [0.15, 0.2) is 54.6 Å². The number of para-hydroxylation sites is 1. The SMILES string of the molecule is Cc1ccccc1N1C(=O)CN(Cc2ccccc2)C1=S. The van der Waals surface area contributed by atoms with Gasteiger partial charge in [0.25, 0.3) is 5.91 Å². The van der Waals surface area contributed by atoms with Gasteiger partial charge in [0.2, 0.25) is 0 Å². The van der Waals surface area contributed by atoms with Crippen LogP contribution >= 0.6 is 12.2 Å². The first-order valence-corrected chi connectivity index (χ1v) is 7.29. The van der Waals surface area contributed by atoms with Gasteiger partial charge in [0, 0.05) is 6.54 Å². The van der Waals surface area contributed by atoms with Crippen molar-refractivity contribution in [3.63, 3.8) is 0 Å². The standard InChI is InChI=1S/C17H16N2OS/c1-13-7-5-6-10-15(13)19-16(20)12-18(17(19)21)11-14-8-3-2-4-9-14/h2-10H,11-12H2,1H3. The maximum atomic E-state index is 12.3. The first kappa shape index (κ1) is 13.8. The van der Waals surface area contributed by atoms with Gasteiger partial charge in [-0.3, -0.25) is 9.69 Å². The summed E-state index contributed by atoms with van der Waals surface area (Å²) in [4.78, 5) is 15.9. The third-order valence-electron chi connectivity index (χ3n) is 3.61. The molecule has 0 atom stereocenters. The number of benzene rings is 2. The summed E-state index contributed by atoms with van der Waals surface area (Å²) < 4.78 is 0. The van der Waals surface area contributed by atoms with Crippen LogP contribution in [-0.2, 0) is 11.3 Å². The van der Waals surface area contributed by atoms with Gasteiger partial charge in [0.05, 0.1) is 5.69 Å². The lowest BCUT2D eigenvalue weighted by Crippen LogP contribution is -2.33. The average Bonchev–Trinajstić information content (AvgIpc) is 2.76. The van der Waals surface area contributed by atoms with Gasteiger partial charge in [-0.25, -0.2) is 0 Å². The summed E-state index contributed by atoms with van der Waals surface area (Å²) in [6.07, 6.45) is 0. The molecule has 0 saturated carbocycles. The van der Waals surface area contributed by atoms with E-state index >= 15 is 0 Å². The molecule has 0 radical (unpaired) electrons. The topological polar surface area (TPSA) is 23.6 Å². The molecule has 1 amide bonds. The second-order valence-corrected chi connectivity index (χ2v) is 5.51. The van der Waals surface area contributed by atoms with Crippen LogP contribution in [-0.4, -0.2) is 22.5 Å². The van der Waals surface area contributed by atoms with Crippen molar-refractivity contribution in [3.05, 3.63) is 65.7 Å². The fourth-order valence-corrected chi connectivity index (χ4v) is 2.86. The Morgan fingerprint density at radius 1 is 1.05 bits per heavy atom. The molecule has 4 heteroatoms. The molecule has 0 bridgehead atoms. The van der Waals surface area contributed by atoms with E-state index in [-0.39, 0.29) is 5.91 Å². The Balaban J connectivity index is 1.84. The molecule has 0 aliphatic carbocycles. The molecule has 0 aromatic heterocycles. The number of carbonyl (C=O) groups excluding carboxylic acids is 1. The van der Waals surface area contributed by atoms with Crippen LogP contribution in [0, 0.1) is 6.92 Å². The number of anilines is 1. The van der Waals surface area contributed by atoms with Crippen LogP contribution in [0.25, 0.3) is 0 Å². The number of amides is 1. The molecule has 21 heavy (non-hydrogen) atoms. The summed E-state index contributed by atoms with van der Waals surface area (Å²) in [6, 6.07) is 17.9. The largest absolute Gasteiger partial charge is 0.335 e. The Bertz CT molecular complexity index is 684. The molecular formula is C17H16N2OS. The summed E-state index contributed by atoms with van der Waals surface area (Å²) in [5.74, 6) is 0.0326. The van der Waals surface area contributed by atoms with E-state index in [4.69, 9.17) is 12.2 Å². The normalized spacial score (nSPS) is 14.9. The Labute approximate surface area is 129 Å². The number of rotatable bonds is 3. The molecule has 1 heterocycles. The van der Waals surface area contributed by atoms with Crippen molar-refractivity contribution in [2.75, 3.05) is 11.4 Å². The van der Waals surface area contributed by atoms with Crippen molar-refractivity contribution in [3.8, 4) is 0 Å². The predicted molar refractivity (Wildman–Crippen MR) is 88.1 cm³/mol. The highest BCUT2D eigenvalue weighted by Gasteiger charge is 2.34. The van der Waals surface area contributed by atoms with Crippen LogP contribution in [0.1, 0.15) is 11.1 Å². The van der Waals surface area contributed by atoms with Crippen LogP contribution in [0.2, 0.25) is 0 Å². The average molecular weight is 296 g/mol. The van der Waals surface area contributed by atoms with Crippen molar-refractivity contribution in [2.24, 2.45) is 0 Å². The van der Waals surface area contributed by atoms with Crippen molar-refractivity contribution < 1.29 is 4.79 Å². The minimum Gasteiger partial charge on any atom is -0.335 e. The van der Waals surface area contributed by atoms with E-state index in [0.29, 0.717) is 18.2 Å². The quantitative estimate of drug-likeness (QED) is 0.813. The molecule has 1 aliphatic heterocycles. The van der Waals surface area contributed by atoms with Gasteiger partial charge in [-0.05, 0) is 36.3 Å². The summed E-state index contributed by atoms with van der Waals surface area (Å²) in [7, 11) is 0. The lowest BCUT2D eigenvalue weighted by atomic mass is 10.2. The fraction of sp³-hybridized carbons (Fsp3) is 0.176. The minimum atomic E-state index is 0.0326. The zero-order valence-electron chi connectivity index (χ0n) is 11.8. The predicted octanol–water partition coefficient (Wildman–Crippen LogP) is 3.13. The summed E-state index contributed by atoms with van der Waals surface area (Å²) >= 11 is 5.51. The third-order valence-corrected chi connectivity index (χ3v) is 4.05. The monoisotopic (exact) mass is 296 g/mol. The molecule has 1 aliphatic rings. The third kappa shape index (κ3) is 2.67. The number of hydrogen-bond donors (Lipinski definition) is 0. The van der Waals surface area contributed by atoms with Gasteiger partial charge in [0.1, 0.15) is 6.54 Å². The Morgan fingerprint density at radius 2 is 1.71 bits per heavy atom. The Kier molecular flexibility index (Phi) is 3.71. The van der Waals surface area contributed by atoms with E-state index < -0.39 is 0 Å². The van der Waals surface area contributed by atoms with Crippen LogP contribution in [0.4, 0.5) is 5.69 Å². The molecular weight excluding hydrogens is 280 g/mol. The van der Waals surface area contributed by atoms with E-state index in [2.05, 4.69) is 0 Å². The molecule has 3 rings (SSSR count). The molecule has 0 unspecified atom stereocenters. The number of thiocarbonyl (C=S) groups is 1. The van der Waals surface area contributed by atoms with Crippen LogP contribution < -0.4 is 4.90 Å². The van der Waals surface area contributed by atoms with Gasteiger partial charge >= 0.3 is 0 Å². The van der Waals surface area contributed by atoms with Crippen molar-refractivity contribution in [1.29, 1.82) is 0 Å². The highest BCUT2D eigenvalue weighted by atomic mass is 32.1. The maximum Gasteiger partial charge on any atom is 0.252 e. The minimum absolute atomic E-state index is 0.0326. The summed E-state index contributed by atoms with van der Waals surface area (Å²) in [6.45, 7) is 2.99. The highest BCUT2D eigenvalue weighted by molar-refractivity contribution is 7.80. The lowest BCUT2D eigenvalue weighted by molar-refractivity contribution is -0.116. The number of nitrogens with zero attached hydrogens (tertiary/aromatic N) is 2. The van der Waals surface area contributed by atoms with Gasteiger partial charge in [-0.15, -0.1) is 0 Å². The molecule has 106 valence electrons. The number of carbonyl (C=O) groups is 1. The van der Waals surface area contributed by atoms with E-state index in [0.717, 1.165) is 16.8 Å². The molecule has 1 fully saturated rings. The van der Waals surface area contributed by atoms with Crippen LogP contribution in [0.3, 0.4) is 0 Å². The number of aryl methyl sites for hydroxylation is 1. The zero-order chi connectivity index (χ0) is 14.8. The highest BCUT2D eigenvalue weighted by Crippen LogP contribution is 2.25. The van der Waals surface area contributed by atoms with E-state index in [1.807, 2.05) is 66.4 Å². The Hall–Kier alpha value is -2.20. The second-order valence-electron chi connectivity index (χ2n) is 5.14. The van der Waals surface area contributed by atoms with E-state index in [9.17, 15) is 4.79 Å². The fourth-order valence-electron chi connectivity index (χ4n) is 2.53. The molecule has 2 aromatic rings. The van der Waals surface area contributed by atoms with Gasteiger partial charge in [0.15, 0.2) is 5.11 Å².